The molecule has 0 bridgehead atoms. The van der Waals surface area contributed by atoms with Crippen molar-refractivity contribution in [2.45, 2.75) is 44.3 Å². The van der Waals surface area contributed by atoms with Crippen LogP contribution in [0, 0.1) is 0 Å². The molecular formula is C20H21F5N6O3S. The molecule has 1 aromatic carbocycles. The molecule has 2 aliphatic rings. The number of fused-ring (bicyclic) bond motifs is 1. The predicted molar refractivity (Wildman–Crippen MR) is 115 cm³/mol. The Morgan fingerprint density at radius 1 is 1.09 bits per heavy atom. The predicted octanol–water partition coefficient (Wildman–Crippen LogP) is 3.00. The van der Waals surface area contributed by atoms with Crippen molar-refractivity contribution in [3.05, 3.63) is 47.0 Å². The number of hydrogen-bond acceptors (Lipinski definition) is 6. The summed E-state index contributed by atoms with van der Waals surface area (Å²) in [6.07, 6.45) is -0.141. The Kier molecular flexibility index (Phi) is 6.71. The number of hydrazone groups is 1. The maximum Gasteiger partial charge on any atom is 0.516 e. The van der Waals surface area contributed by atoms with Crippen LogP contribution >= 0.6 is 0 Å². The molecule has 0 fully saturated rings. The number of carbonyl (C=O) groups is 1. The van der Waals surface area contributed by atoms with E-state index in [1.165, 1.54) is 5.01 Å². The number of amides is 1. The SMILES string of the molecule is O=C(NCc1ccc(N2CCN(S(=O)(=O)C(F)(F)F)C=N2)cc1)c1c(C(F)F)nc2n1CCCC2. The van der Waals surface area contributed by atoms with Gasteiger partial charge in [0.1, 0.15) is 23.6 Å². The van der Waals surface area contributed by atoms with Crippen molar-refractivity contribution >= 4 is 28.0 Å². The van der Waals surface area contributed by atoms with Gasteiger partial charge in [-0.25, -0.2) is 18.1 Å². The molecule has 2 aliphatic heterocycles. The minimum absolute atomic E-state index is 0.0448. The second kappa shape index (κ2) is 9.43. The van der Waals surface area contributed by atoms with Crippen LogP contribution in [0.5, 0.6) is 0 Å². The first-order valence-electron chi connectivity index (χ1n) is 10.6. The number of nitrogens with one attached hydrogen (secondary N) is 1. The largest absolute Gasteiger partial charge is 0.516 e. The van der Waals surface area contributed by atoms with Crippen molar-refractivity contribution in [2.75, 3.05) is 18.1 Å². The number of rotatable bonds is 6. The van der Waals surface area contributed by atoms with Crippen LogP contribution in [0.3, 0.4) is 0 Å². The average Bonchev–Trinajstić information content (AvgIpc) is 3.22. The van der Waals surface area contributed by atoms with E-state index in [0.29, 0.717) is 36.4 Å². The summed E-state index contributed by atoms with van der Waals surface area (Å²) in [7, 11) is -5.50. The maximum atomic E-state index is 13.4. The number of sulfonamides is 1. The third-order valence-corrected chi connectivity index (χ3v) is 7.15. The molecular weight excluding hydrogens is 499 g/mol. The topological polar surface area (TPSA) is 99.9 Å². The van der Waals surface area contributed by atoms with Crippen LogP contribution in [0.15, 0.2) is 29.4 Å². The van der Waals surface area contributed by atoms with Gasteiger partial charge in [0.05, 0.1) is 18.8 Å². The van der Waals surface area contributed by atoms with Gasteiger partial charge in [-0.15, -0.1) is 0 Å². The number of imidazole rings is 1. The molecule has 35 heavy (non-hydrogen) atoms. The fraction of sp³-hybridized carbons (Fsp3) is 0.450. The van der Waals surface area contributed by atoms with Gasteiger partial charge in [0.2, 0.25) is 0 Å². The molecule has 4 rings (SSSR count). The zero-order chi connectivity index (χ0) is 25.4. The highest BCUT2D eigenvalue weighted by Crippen LogP contribution is 2.28. The normalized spacial score (nSPS) is 16.5. The van der Waals surface area contributed by atoms with Gasteiger partial charge in [-0.1, -0.05) is 12.1 Å². The number of alkyl halides is 5. The van der Waals surface area contributed by atoms with E-state index in [1.54, 1.807) is 28.8 Å². The van der Waals surface area contributed by atoms with Crippen molar-refractivity contribution in [1.82, 2.24) is 19.2 Å². The summed E-state index contributed by atoms with van der Waals surface area (Å²) < 4.78 is 89.5. The molecule has 1 aromatic heterocycles. The molecule has 0 radical (unpaired) electrons. The third-order valence-electron chi connectivity index (χ3n) is 5.67. The summed E-state index contributed by atoms with van der Waals surface area (Å²) in [6, 6.07) is 6.45. The summed E-state index contributed by atoms with van der Waals surface area (Å²) in [5, 5.41) is 7.73. The molecule has 2 aromatic rings. The number of aromatic nitrogens is 2. The molecule has 0 atom stereocenters. The molecule has 0 aliphatic carbocycles. The van der Waals surface area contributed by atoms with E-state index in [2.05, 4.69) is 15.4 Å². The van der Waals surface area contributed by atoms with Crippen molar-refractivity contribution in [1.29, 1.82) is 0 Å². The van der Waals surface area contributed by atoms with Gasteiger partial charge in [-0.2, -0.15) is 26.7 Å². The molecule has 3 heterocycles. The first-order valence-corrected chi connectivity index (χ1v) is 12.1. The Morgan fingerprint density at radius 3 is 2.40 bits per heavy atom. The van der Waals surface area contributed by atoms with Crippen molar-refractivity contribution in [3.8, 4) is 0 Å². The van der Waals surface area contributed by atoms with Gasteiger partial charge in [-0.05, 0) is 30.5 Å². The van der Waals surface area contributed by atoms with Crippen LogP contribution in [0.25, 0.3) is 0 Å². The standard InChI is InChI=1S/C20H21F5N6O3S/c21-18(22)16-17(30-8-2-1-3-15(30)28-16)19(32)26-11-13-4-6-14(7-5-13)31-10-9-29(12-27-31)35(33,34)20(23,24)25/h4-7,12,18H,1-3,8-11H2,(H,26,32). The van der Waals surface area contributed by atoms with E-state index >= 15 is 0 Å². The van der Waals surface area contributed by atoms with Gasteiger partial charge in [0.25, 0.3) is 12.3 Å². The molecule has 9 nitrogen and oxygen atoms in total. The highest BCUT2D eigenvalue weighted by molar-refractivity contribution is 7.90. The lowest BCUT2D eigenvalue weighted by Gasteiger charge is -2.29. The number of hydrogen-bond donors (Lipinski definition) is 1. The van der Waals surface area contributed by atoms with Crippen LogP contribution in [-0.2, 0) is 29.5 Å². The van der Waals surface area contributed by atoms with Crippen LogP contribution in [0.1, 0.15) is 46.8 Å². The molecule has 1 N–H and O–H groups in total. The summed E-state index contributed by atoms with van der Waals surface area (Å²) in [6.45, 7) is -0.0519. The molecule has 15 heteroatoms. The fourth-order valence-electron chi connectivity index (χ4n) is 3.89. The lowest BCUT2D eigenvalue weighted by atomic mass is 10.1. The first kappa shape index (κ1) is 24.9. The Labute approximate surface area is 197 Å². The highest BCUT2D eigenvalue weighted by Gasteiger charge is 2.50. The number of benzene rings is 1. The molecule has 0 saturated carbocycles. The van der Waals surface area contributed by atoms with E-state index < -0.39 is 40.1 Å². The number of anilines is 1. The maximum absolute atomic E-state index is 13.4. The second-order valence-corrected chi connectivity index (χ2v) is 9.82. The van der Waals surface area contributed by atoms with Crippen LogP contribution in [0.2, 0.25) is 0 Å². The minimum Gasteiger partial charge on any atom is -0.347 e. The zero-order valence-corrected chi connectivity index (χ0v) is 19.0. The first-order chi connectivity index (χ1) is 16.5. The van der Waals surface area contributed by atoms with E-state index in [4.69, 9.17) is 0 Å². The van der Waals surface area contributed by atoms with Gasteiger partial charge in [-0.3, -0.25) is 9.80 Å². The number of nitrogens with zero attached hydrogens (tertiary/aromatic N) is 5. The lowest BCUT2D eigenvalue weighted by Crippen LogP contribution is -2.46. The minimum atomic E-state index is -5.50. The highest BCUT2D eigenvalue weighted by atomic mass is 32.2. The summed E-state index contributed by atoms with van der Waals surface area (Å²) in [5.41, 5.74) is -4.95. The van der Waals surface area contributed by atoms with E-state index in [1.807, 2.05) is 0 Å². The quantitative estimate of drug-likeness (QED) is 0.591. The number of carbonyl (C=O) groups excluding carboxylic acids is 1. The number of aryl methyl sites for hydroxylation is 1. The summed E-state index contributed by atoms with van der Waals surface area (Å²) in [5.74, 6) is -0.179. The molecule has 0 spiro atoms. The van der Waals surface area contributed by atoms with Crippen molar-refractivity contribution < 1.29 is 35.2 Å². The van der Waals surface area contributed by atoms with Crippen LogP contribution in [-0.4, -0.2) is 53.1 Å². The summed E-state index contributed by atoms with van der Waals surface area (Å²) >= 11 is 0. The Bertz CT molecular complexity index is 1230. The zero-order valence-electron chi connectivity index (χ0n) is 18.2. The lowest BCUT2D eigenvalue weighted by molar-refractivity contribution is -0.0471. The van der Waals surface area contributed by atoms with Crippen LogP contribution < -0.4 is 10.3 Å². The van der Waals surface area contributed by atoms with E-state index in [-0.39, 0.29) is 23.1 Å². The Morgan fingerprint density at radius 2 is 1.80 bits per heavy atom. The Balaban J connectivity index is 1.40. The average molecular weight is 520 g/mol. The molecule has 1 amide bonds. The van der Waals surface area contributed by atoms with E-state index in [9.17, 15) is 35.2 Å². The second-order valence-electron chi connectivity index (χ2n) is 7.94. The third kappa shape index (κ3) is 4.94. The van der Waals surface area contributed by atoms with E-state index in [0.717, 1.165) is 12.8 Å². The monoisotopic (exact) mass is 520 g/mol. The van der Waals surface area contributed by atoms with Gasteiger partial charge < -0.3 is 9.88 Å². The van der Waals surface area contributed by atoms with Crippen molar-refractivity contribution in [2.24, 2.45) is 5.10 Å². The van der Waals surface area contributed by atoms with Gasteiger partial charge in [0.15, 0.2) is 0 Å². The number of halogens is 5. The van der Waals surface area contributed by atoms with Crippen LogP contribution in [0.4, 0.5) is 27.6 Å². The summed E-state index contributed by atoms with van der Waals surface area (Å²) in [4.78, 5) is 16.7. The Hall–Kier alpha value is -3.23. The van der Waals surface area contributed by atoms with Crippen molar-refractivity contribution in [3.63, 3.8) is 0 Å². The van der Waals surface area contributed by atoms with Gasteiger partial charge in [0, 0.05) is 19.5 Å². The molecule has 0 unspecified atom stereocenters. The van der Waals surface area contributed by atoms with Gasteiger partial charge >= 0.3 is 15.5 Å². The molecule has 0 saturated heterocycles. The fourth-order valence-corrected chi connectivity index (χ4v) is 4.64. The molecule has 190 valence electrons. The smallest absolute Gasteiger partial charge is 0.347 e.